The van der Waals surface area contributed by atoms with Crippen LogP contribution in [0.1, 0.15) is 26.7 Å². The van der Waals surface area contributed by atoms with Gasteiger partial charge >= 0.3 is 0 Å². The first-order valence-corrected chi connectivity index (χ1v) is 7.68. The number of fused-ring (bicyclic) bond motifs is 1. The van der Waals surface area contributed by atoms with Gasteiger partial charge in [-0.1, -0.05) is 19.9 Å². The topological polar surface area (TPSA) is 49.3 Å². The molecule has 1 fully saturated rings. The molecule has 2 N–H and O–H groups in total. The van der Waals surface area contributed by atoms with Crippen molar-refractivity contribution in [3.05, 3.63) is 36.2 Å². The molecule has 1 aromatic rings. The van der Waals surface area contributed by atoms with E-state index < -0.39 is 0 Å². The molecule has 3 aliphatic rings. The number of aromatic nitrogens is 1. The molecule has 0 spiro atoms. The highest BCUT2D eigenvalue weighted by Gasteiger charge is 2.50. The summed E-state index contributed by atoms with van der Waals surface area (Å²) in [6.07, 6.45) is 10.1. The molecule has 110 valence electrons. The number of thiocarbonyl (C=S) groups is 1. The van der Waals surface area contributed by atoms with Gasteiger partial charge in [0, 0.05) is 6.20 Å². The Morgan fingerprint density at radius 3 is 3.05 bits per heavy atom. The van der Waals surface area contributed by atoms with Crippen molar-refractivity contribution in [2.45, 2.75) is 26.7 Å². The van der Waals surface area contributed by atoms with Crippen LogP contribution >= 0.6 is 12.2 Å². The minimum Gasteiger partial charge on any atom is -0.330 e. The third kappa shape index (κ3) is 2.83. The van der Waals surface area contributed by atoms with Crippen LogP contribution < -0.4 is 10.7 Å². The lowest BCUT2D eigenvalue weighted by atomic mass is 9.49. The van der Waals surface area contributed by atoms with Crippen LogP contribution in [0.4, 0.5) is 5.69 Å². The molecule has 2 atom stereocenters. The van der Waals surface area contributed by atoms with E-state index in [4.69, 9.17) is 12.2 Å². The van der Waals surface area contributed by atoms with Crippen LogP contribution in [-0.4, -0.2) is 16.3 Å². The summed E-state index contributed by atoms with van der Waals surface area (Å²) in [5.41, 5.74) is 5.47. The summed E-state index contributed by atoms with van der Waals surface area (Å²) in [6, 6.07) is 3.77. The van der Waals surface area contributed by atoms with E-state index >= 15 is 0 Å². The van der Waals surface area contributed by atoms with Gasteiger partial charge in [-0.15, -0.1) is 0 Å². The predicted octanol–water partition coefficient (Wildman–Crippen LogP) is 3.35. The minimum atomic E-state index is 0.421. The number of anilines is 1. The Balaban J connectivity index is 1.53. The van der Waals surface area contributed by atoms with Gasteiger partial charge in [0.25, 0.3) is 0 Å². The summed E-state index contributed by atoms with van der Waals surface area (Å²) >= 11 is 5.20. The zero-order chi connectivity index (χ0) is 14.9. The zero-order valence-corrected chi connectivity index (χ0v) is 13.2. The van der Waals surface area contributed by atoms with Gasteiger partial charge in [0.15, 0.2) is 5.11 Å². The molecule has 1 aromatic heterocycles. The van der Waals surface area contributed by atoms with Crippen LogP contribution in [0, 0.1) is 17.3 Å². The van der Waals surface area contributed by atoms with Crippen LogP contribution in [0.25, 0.3) is 0 Å². The van der Waals surface area contributed by atoms with E-state index in [1.165, 1.54) is 18.4 Å². The van der Waals surface area contributed by atoms with Crippen molar-refractivity contribution < 1.29 is 0 Å². The van der Waals surface area contributed by atoms with Crippen molar-refractivity contribution in [3.8, 4) is 0 Å². The quantitative estimate of drug-likeness (QED) is 0.510. The molecule has 21 heavy (non-hydrogen) atoms. The highest BCUT2D eigenvalue weighted by molar-refractivity contribution is 7.80. The molecule has 4 nitrogen and oxygen atoms in total. The summed E-state index contributed by atoms with van der Waals surface area (Å²) < 4.78 is 0. The molecule has 3 aliphatic carbocycles. The Labute approximate surface area is 130 Å². The molecule has 0 unspecified atom stereocenters. The first kappa shape index (κ1) is 14.2. The third-order valence-electron chi connectivity index (χ3n) is 4.81. The SMILES string of the molecule is CC1(C)[C@@H]2CC=C(/C=N\NC(=S)Nc3cccnc3)[C@H]1C2. The van der Waals surface area contributed by atoms with Crippen molar-refractivity contribution in [2.24, 2.45) is 22.4 Å². The Kier molecular flexibility index (Phi) is 3.76. The number of nitrogens with zero attached hydrogens (tertiary/aromatic N) is 2. The number of hydrogen-bond donors (Lipinski definition) is 2. The van der Waals surface area contributed by atoms with E-state index in [0.717, 1.165) is 11.6 Å². The number of nitrogens with one attached hydrogen (secondary N) is 2. The first-order chi connectivity index (χ1) is 10.1. The van der Waals surface area contributed by atoms with E-state index in [1.54, 1.807) is 12.4 Å². The van der Waals surface area contributed by atoms with Crippen LogP contribution in [0.15, 0.2) is 41.3 Å². The maximum atomic E-state index is 5.20. The summed E-state index contributed by atoms with van der Waals surface area (Å²) in [6.45, 7) is 4.71. The fourth-order valence-electron chi connectivity index (χ4n) is 3.31. The predicted molar refractivity (Wildman–Crippen MR) is 90.2 cm³/mol. The standard InChI is InChI=1S/C16H20N4S/c1-16(2)12-6-5-11(14(16)8-12)9-18-20-15(21)19-13-4-3-7-17-10-13/h3-5,7,9-10,12,14H,6,8H2,1-2H3,(H2,19,20,21)/b18-9-/t12-,14-/m1/s1. The lowest BCUT2D eigenvalue weighted by molar-refractivity contribution is -0.00126. The zero-order valence-electron chi connectivity index (χ0n) is 12.3. The third-order valence-corrected chi connectivity index (χ3v) is 5.00. The second-order valence-electron chi connectivity index (χ2n) is 6.31. The number of hydrazone groups is 1. The second-order valence-corrected chi connectivity index (χ2v) is 6.72. The van der Waals surface area contributed by atoms with Gasteiger partial charge < -0.3 is 5.32 Å². The smallest absolute Gasteiger partial charge is 0.191 e. The Hall–Kier alpha value is -1.75. The summed E-state index contributed by atoms with van der Waals surface area (Å²) in [7, 11) is 0. The van der Waals surface area contributed by atoms with E-state index in [-0.39, 0.29) is 0 Å². The highest BCUT2D eigenvalue weighted by Crippen LogP contribution is 2.58. The van der Waals surface area contributed by atoms with Gasteiger partial charge in [0.05, 0.1) is 18.1 Å². The Morgan fingerprint density at radius 2 is 2.38 bits per heavy atom. The summed E-state index contributed by atoms with van der Waals surface area (Å²) in [5.74, 6) is 1.49. The highest BCUT2D eigenvalue weighted by atomic mass is 32.1. The van der Waals surface area contributed by atoms with Crippen LogP contribution in [-0.2, 0) is 0 Å². The molecular formula is C16H20N4S. The molecule has 0 radical (unpaired) electrons. The second kappa shape index (κ2) is 5.56. The maximum Gasteiger partial charge on any atom is 0.191 e. The van der Waals surface area contributed by atoms with Crippen molar-refractivity contribution in [1.29, 1.82) is 0 Å². The maximum absolute atomic E-state index is 5.20. The number of rotatable bonds is 3. The molecule has 5 heteroatoms. The van der Waals surface area contributed by atoms with Gasteiger partial charge in [0.1, 0.15) is 0 Å². The number of allylic oxidation sites excluding steroid dienone is 2. The largest absolute Gasteiger partial charge is 0.330 e. The van der Waals surface area contributed by atoms with Gasteiger partial charge in [0.2, 0.25) is 0 Å². The van der Waals surface area contributed by atoms with Crippen LogP contribution in [0.5, 0.6) is 0 Å². The molecule has 1 saturated carbocycles. The van der Waals surface area contributed by atoms with Gasteiger partial charge in [-0.05, 0) is 60.0 Å². The van der Waals surface area contributed by atoms with E-state index in [0.29, 0.717) is 16.4 Å². The van der Waals surface area contributed by atoms with Crippen molar-refractivity contribution >= 4 is 29.2 Å². The molecule has 4 rings (SSSR count). The van der Waals surface area contributed by atoms with E-state index in [9.17, 15) is 0 Å². The molecule has 0 aromatic carbocycles. The first-order valence-electron chi connectivity index (χ1n) is 7.27. The van der Waals surface area contributed by atoms with Crippen LogP contribution in [0.2, 0.25) is 0 Å². The summed E-state index contributed by atoms with van der Waals surface area (Å²) in [4.78, 5) is 4.03. The molecule has 2 bridgehead atoms. The molecule has 1 heterocycles. The lowest BCUT2D eigenvalue weighted by Gasteiger charge is -2.55. The minimum absolute atomic E-state index is 0.421. The van der Waals surface area contributed by atoms with Gasteiger partial charge in [-0.3, -0.25) is 10.4 Å². The van der Waals surface area contributed by atoms with Crippen molar-refractivity contribution in [2.75, 3.05) is 5.32 Å². The monoisotopic (exact) mass is 300 g/mol. The van der Waals surface area contributed by atoms with Crippen molar-refractivity contribution in [1.82, 2.24) is 10.4 Å². The fraction of sp³-hybridized carbons (Fsp3) is 0.438. The number of hydrogen-bond acceptors (Lipinski definition) is 3. The Morgan fingerprint density at radius 1 is 1.52 bits per heavy atom. The van der Waals surface area contributed by atoms with Crippen molar-refractivity contribution in [3.63, 3.8) is 0 Å². The van der Waals surface area contributed by atoms with Gasteiger partial charge in [-0.25, -0.2) is 0 Å². The van der Waals surface area contributed by atoms with Crippen LogP contribution in [0.3, 0.4) is 0 Å². The Bertz CT molecular complexity index is 592. The molecule has 0 saturated heterocycles. The van der Waals surface area contributed by atoms with Gasteiger partial charge in [-0.2, -0.15) is 5.10 Å². The summed E-state index contributed by atoms with van der Waals surface area (Å²) in [5, 5.41) is 7.78. The molecule has 0 amide bonds. The molecule has 0 aliphatic heterocycles. The van der Waals surface area contributed by atoms with E-state index in [2.05, 4.69) is 40.8 Å². The molecular weight excluding hydrogens is 280 g/mol. The van der Waals surface area contributed by atoms with E-state index in [1.807, 2.05) is 18.3 Å². The lowest BCUT2D eigenvalue weighted by Crippen LogP contribution is -2.48. The fourth-order valence-corrected chi connectivity index (χ4v) is 3.48. The average Bonchev–Trinajstić information content (AvgIpc) is 2.48. The number of pyridine rings is 1. The average molecular weight is 300 g/mol. The normalized spacial score (nSPS) is 25.9.